The lowest BCUT2D eigenvalue weighted by molar-refractivity contribution is -0.184. The van der Waals surface area contributed by atoms with Crippen LogP contribution in [0.1, 0.15) is 46.7 Å². The number of ether oxygens (including phenoxy) is 2. The van der Waals surface area contributed by atoms with Crippen LogP contribution in [0.25, 0.3) is 10.2 Å². The highest BCUT2D eigenvalue weighted by molar-refractivity contribution is 7.20. The monoisotopic (exact) mass is 402 g/mol. The van der Waals surface area contributed by atoms with Gasteiger partial charge in [-0.2, -0.15) is 18.2 Å². The number of aryl methyl sites for hydroxylation is 2. The molecular weight excluding hydrogens is 381 g/mol. The molecule has 2 aromatic rings. The largest absolute Gasteiger partial charge is 0.477 e. The fourth-order valence-electron chi connectivity index (χ4n) is 3.45. The molecule has 0 atom stereocenters. The van der Waals surface area contributed by atoms with Crippen molar-refractivity contribution in [3.63, 3.8) is 0 Å². The molecule has 0 spiro atoms. The van der Waals surface area contributed by atoms with E-state index in [1.165, 1.54) is 18.4 Å². The summed E-state index contributed by atoms with van der Waals surface area (Å²) in [6.07, 6.45) is -2.87. The van der Waals surface area contributed by atoms with Crippen molar-refractivity contribution in [3.8, 4) is 5.88 Å². The van der Waals surface area contributed by atoms with Gasteiger partial charge in [-0.15, -0.1) is 11.3 Å². The van der Waals surface area contributed by atoms with E-state index in [1.807, 2.05) is 0 Å². The quantitative estimate of drug-likeness (QED) is 0.685. The molecule has 0 aliphatic heterocycles. The molecule has 0 bridgehead atoms. The van der Waals surface area contributed by atoms with Crippen molar-refractivity contribution >= 4 is 27.5 Å². The van der Waals surface area contributed by atoms with E-state index >= 15 is 0 Å². The van der Waals surface area contributed by atoms with Gasteiger partial charge in [-0.05, 0) is 51.0 Å². The van der Waals surface area contributed by atoms with Crippen LogP contribution in [0, 0.1) is 25.7 Å². The number of methoxy groups -OCH3 is 1. The molecule has 0 amide bonds. The van der Waals surface area contributed by atoms with Crippen LogP contribution in [0.15, 0.2) is 0 Å². The van der Waals surface area contributed by atoms with Crippen LogP contribution in [0.2, 0.25) is 0 Å². The predicted molar refractivity (Wildman–Crippen MR) is 95.2 cm³/mol. The Hall–Kier alpha value is -1.90. The first kappa shape index (κ1) is 19.9. The number of esters is 1. The Morgan fingerprint density at radius 1 is 1.19 bits per heavy atom. The highest BCUT2D eigenvalue weighted by Crippen LogP contribution is 2.40. The summed E-state index contributed by atoms with van der Waals surface area (Å²) in [6.45, 7) is 3.82. The highest BCUT2D eigenvalue weighted by Gasteiger charge is 2.41. The summed E-state index contributed by atoms with van der Waals surface area (Å²) in [6, 6.07) is 0. The van der Waals surface area contributed by atoms with Crippen molar-refractivity contribution in [2.45, 2.75) is 45.7 Å². The Morgan fingerprint density at radius 3 is 2.44 bits per heavy atom. The van der Waals surface area contributed by atoms with Crippen LogP contribution in [-0.4, -0.2) is 35.8 Å². The van der Waals surface area contributed by atoms with Crippen molar-refractivity contribution < 1.29 is 27.4 Å². The first-order valence-corrected chi connectivity index (χ1v) is 9.58. The highest BCUT2D eigenvalue weighted by atomic mass is 32.1. The summed E-state index contributed by atoms with van der Waals surface area (Å²) in [7, 11) is 1.32. The van der Waals surface area contributed by atoms with Crippen molar-refractivity contribution in [1.29, 1.82) is 0 Å². The zero-order valence-electron chi connectivity index (χ0n) is 15.4. The third-order valence-corrected chi connectivity index (χ3v) is 6.17. The summed E-state index contributed by atoms with van der Waals surface area (Å²) in [5.41, 5.74) is 0.692. The third-order valence-electron chi connectivity index (χ3n) is 5.00. The van der Waals surface area contributed by atoms with Gasteiger partial charge in [0.05, 0.1) is 25.0 Å². The molecule has 0 unspecified atom stereocenters. The van der Waals surface area contributed by atoms with Crippen molar-refractivity contribution in [1.82, 2.24) is 9.97 Å². The summed E-state index contributed by atoms with van der Waals surface area (Å²) in [4.78, 5) is 21.7. The minimum absolute atomic E-state index is 0.0629. The Morgan fingerprint density at radius 2 is 1.85 bits per heavy atom. The average Bonchev–Trinajstić information content (AvgIpc) is 2.95. The number of aromatic nitrogens is 2. The van der Waals surface area contributed by atoms with E-state index in [9.17, 15) is 18.0 Å². The zero-order chi connectivity index (χ0) is 19.8. The number of carbonyl (C=O) groups excluding carboxylic acids is 1. The molecule has 0 saturated heterocycles. The van der Waals surface area contributed by atoms with Crippen molar-refractivity contribution in [2.75, 3.05) is 13.7 Å². The minimum atomic E-state index is -4.11. The number of alkyl halides is 3. The first-order valence-electron chi connectivity index (χ1n) is 8.76. The maximum Gasteiger partial charge on any atom is 0.391 e. The molecule has 1 aliphatic carbocycles. The summed E-state index contributed by atoms with van der Waals surface area (Å²) >= 11 is 1.22. The molecular formula is C18H21F3N2O3S. The van der Waals surface area contributed by atoms with Gasteiger partial charge in [-0.3, -0.25) is 0 Å². The molecule has 2 aromatic heterocycles. The van der Waals surface area contributed by atoms with Crippen LogP contribution >= 0.6 is 11.3 Å². The standard InChI is InChI=1S/C18H21F3N2O3S/c1-9-13-15(22-10(2)23-16(13)27-14(9)17(24)25-3)26-8-11-4-6-12(7-5-11)18(19,20)21/h11-12H,4-8H2,1-3H3. The normalized spacial score (nSPS) is 20.7. The van der Waals surface area contributed by atoms with E-state index < -0.39 is 18.1 Å². The van der Waals surface area contributed by atoms with E-state index in [1.54, 1.807) is 13.8 Å². The van der Waals surface area contributed by atoms with E-state index in [4.69, 9.17) is 9.47 Å². The SMILES string of the molecule is COC(=O)c1sc2nc(C)nc(OCC3CCC(C(F)(F)F)CC3)c2c1C. The molecule has 1 aliphatic rings. The smallest absolute Gasteiger partial charge is 0.391 e. The van der Waals surface area contributed by atoms with Gasteiger partial charge in [-0.25, -0.2) is 9.78 Å². The summed E-state index contributed by atoms with van der Waals surface area (Å²) in [5, 5.41) is 0.662. The lowest BCUT2D eigenvalue weighted by Gasteiger charge is -2.29. The average molecular weight is 402 g/mol. The lowest BCUT2D eigenvalue weighted by atomic mass is 9.82. The van der Waals surface area contributed by atoms with Crippen molar-refractivity contribution in [3.05, 3.63) is 16.3 Å². The molecule has 2 heterocycles. The number of hydrogen-bond acceptors (Lipinski definition) is 6. The molecule has 3 rings (SSSR count). The van der Waals surface area contributed by atoms with E-state index in [0.29, 0.717) is 51.8 Å². The molecule has 0 radical (unpaired) electrons. The number of thiophene rings is 1. The molecule has 0 aromatic carbocycles. The number of carbonyl (C=O) groups is 1. The Bertz CT molecular complexity index is 842. The predicted octanol–water partition coefficient (Wildman–Crippen LogP) is 4.84. The number of fused-ring (bicyclic) bond motifs is 1. The minimum Gasteiger partial charge on any atom is -0.477 e. The number of nitrogens with zero attached hydrogens (tertiary/aromatic N) is 2. The lowest BCUT2D eigenvalue weighted by Crippen LogP contribution is -2.29. The maximum absolute atomic E-state index is 12.8. The molecule has 1 fully saturated rings. The van der Waals surface area contributed by atoms with Gasteiger partial charge in [0.15, 0.2) is 0 Å². The fraction of sp³-hybridized carbons (Fsp3) is 0.611. The molecule has 0 N–H and O–H groups in total. The zero-order valence-corrected chi connectivity index (χ0v) is 16.2. The number of rotatable bonds is 4. The molecule has 9 heteroatoms. The Balaban J connectivity index is 1.76. The fourth-order valence-corrected chi connectivity index (χ4v) is 4.58. The summed E-state index contributed by atoms with van der Waals surface area (Å²) < 4.78 is 49.1. The second kappa shape index (κ2) is 7.61. The van der Waals surface area contributed by atoms with E-state index in [0.717, 1.165) is 0 Å². The topological polar surface area (TPSA) is 61.3 Å². The van der Waals surface area contributed by atoms with Gasteiger partial charge in [0.1, 0.15) is 15.5 Å². The summed E-state index contributed by atoms with van der Waals surface area (Å²) in [5.74, 6) is -0.698. The second-order valence-corrected chi connectivity index (χ2v) is 7.87. The van der Waals surface area contributed by atoms with Crippen LogP contribution in [0.3, 0.4) is 0 Å². The molecule has 1 saturated carbocycles. The molecule has 5 nitrogen and oxygen atoms in total. The number of halogens is 3. The molecule has 27 heavy (non-hydrogen) atoms. The first-order chi connectivity index (χ1) is 12.7. The number of hydrogen-bond donors (Lipinski definition) is 0. The maximum atomic E-state index is 12.8. The van der Waals surface area contributed by atoms with E-state index in [2.05, 4.69) is 9.97 Å². The van der Waals surface area contributed by atoms with Crippen LogP contribution in [0.5, 0.6) is 5.88 Å². The van der Waals surface area contributed by atoms with Crippen molar-refractivity contribution in [2.24, 2.45) is 11.8 Å². The van der Waals surface area contributed by atoms with Gasteiger partial charge < -0.3 is 9.47 Å². The van der Waals surface area contributed by atoms with Crippen LogP contribution < -0.4 is 4.74 Å². The Kier molecular flexibility index (Phi) is 5.60. The molecule has 148 valence electrons. The van der Waals surface area contributed by atoms with Gasteiger partial charge in [0.25, 0.3) is 0 Å². The van der Waals surface area contributed by atoms with Crippen LogP contribution in [0.4, 0.5) is 13.2 Å². The van der Waals surface area contributed by atoms with Gasteiger partial charge in [0.2, 0.25) is 5.88 Å². The second-order valence-electron chi connectivity index (χ2n) is 6.87. The Labute approximate surface area is 158 Å². The van der Waals surface area contributed by atoms with E-state index in [-0.39, 0.29) is 18.8 Å². The van der Waals surface area contributed by atoms with Gasteiger partial charge in [0, 0.05) is 0 Å². The van der Waals surface area contributed by atoms with Crippen LogP contribution in [-0.2, 0) is 4.74 Å². The third kappa shape index (κ3) is 4.17. The van der Waals surface area contributed by atoms with Gasteiger partial charge in [-0.1, -0.05) is 0 Å². The van der Waals surface area contributed by atoms with Gasteiger partial charge >= 0.3 is 12.1 Å².